The summed E-state index contributed by atoms with van der Waals surface area (Å²) in [5.74, 6) is -1.24. The normalized spacial score (nSPS) is 17.1. The highest BCUT2D eigenvalue weighted by Gasteiger charge is 2.37. The number of carbonyl (C=O) groups excluding carboxylic acids is 3. The van der Waals surface area contributed by atoms with E-state index in [0.717, 1.165) is 42.3 Å². The summed E-state index contributed by atoms with van der Waals surface area (Å²) in [5, 5.41) is 8.89. The summed E-state index contributed by atoms with van der Waals surface area (Å²) in [6.07, 6.45) is 5.51. The number of carbonyl (C=O) groups is 4. The maximum Gasteiger partial charge on any atom is 0.335 e. The standard InChI is InChI=1S/C27H27ClN2O7S/c1-36-21-13-18(12-20(28)24(21)37-16-17-7-6-8-19(11-17)26(33)34)14-22-25(32)30(27(35)38-22)15-23(31)29-9-4-2-3-5-10-29/h6-8,11-14H,2-5,9-10,15-16H2,1H3,(H,33,34). The third kappa shape index (κ3) is 6.49. The Hall–Kier alpha value is -3.50. The zero-order valence-corrected chi connectivity index (χ0v) is 22.3. The molecule has 1 N–H and O–H groups in total. The van der Waals surface area contributed by atoms with Crippen molar-refractivity contribution >= 4 is 52.5 Å². The van der Waals surface area contributed by atoms with Gasteiger partial charge in [-0.3, -0.25) is 19.3 Å². The van der Waals surface area contributed by atoms with Crippen LogP contribution in [-0.4, -0.2) is 64.7 Å². The van der Waals surface area contributed by atoms with Crippen LogP contribution in [0.2, 0.25) is 5.02 Å². The van der Waals surface area contributed by atoms with E-state index in [-0.39, 0.29) is 40.3 Å². The number of hydrogen-bond acceptors (Lipinski definition) is 7. The minimum Gasteiger partial charge on any atom is -0.493 e. The van der Waals surface area contributed by atoms with Crippen LogP contribution in [0.25, 0.3) is 6.08 Å². The molecule has 0 saturated carbocycles. The molecule has 38 heavy (non-hydrogen) atoms. The average molecular weight is 559 g/mol. The zero-order chi connectivity index (χ0) is 27.2. The highest BCUT2D eigenvalue weighted by Crippen LogP contribution is 2.39. The number of hydrogen-bond donors (Lipinski definition) is 1. The van der Waals surface area contributed by atoms with Crippen molar-refractivity contribution in [2.24, 2.45) is 0 Å². The van der Waals surface area contributed by atoms with Gasteiger partial charge in [-0.15, -0.1) is 0 Å². The highest BCUT2D eigenvalue weighted by atomic mass is 35.5. The first-order valence-corrected chi connectivity index (χ1v) is 13.3. The van der Waals surface area contributed by atoms with E-state index in [2.05, 4.69) is 0 Å². The number of benzene rings is 2. The van der Waals surface area contributed by atoms with Crippen molar-refractivity contribution < 1.29 is 33.8 Å². The molecule has 0 unspecified atom stereocenters. The van der Waals surface area contributed by atoms with Gasteiger partial charge in [-0.25, -0.2) is 4.79 Å². The van der Waals surface area contributed by atoms with Gasteiger partial charge in [0, 0.05) is 13.1 Å². The third-order valence-corrected chi connectivity index (χ3v) is 7.42. The lowest BCUT2D eigenvalue weighted by Crippen LogP contribution is -2.42. The number of halogens is 1. The fourth-order valence-electron chi connectivity index (χ4n) is 4.26. The van der Waals surface area contributed by atoms with Crippen molar-refractivity contribution in [1.82, 2.24) is 9.80 Å². The highest BCUT2D eigenvalue weighted by molar-refractivity contribution is 8.18. The van der Waals surface area contributed by atoms with Gasteiger partial charge in [0.2, 0.25) is 5.91 Å². The van der Waals surface area contributed by atoms with Crippen LogP contribution in [0.4, 0.5) is 4.79 Å². The Balaban J connectivity index is 1.47. The van der Waals surface area contributed by atoms with Crippen molar-refractivity contribution in [2.45, 2.75) is 32.3 Å². The second kappa shape index (κ2) is 12.4. The second-order valence-corrected chi connectivity index (χ2v) is 10.3. The first kappa shape index (κ1) is 27.5. The van der Waals surface area contributed by atoms with Crippen molar-refractivity contribution in [2.75, 3.05) is 26.7 Å². The van der Waals surface area contributed by atoms with Gasteiger partial charge >= 0.3 is 5.97 Å². The maximum atomic E-state index is 13.0. The first-order chi connectivity index (χ1) is 18.3. The Morgan fingerprint density at radius 3 is 2.53 bits per heavy atom. The monoisotopic (exact) mass is 558 g/mol. The number of imide groups is 1. The smallest absolute Gasteiger partial charge is 0.335 e. The molecule has 2 aromatic carbocycles. The van der Waals surface area contributed by atoms with Gasteiger partial charge in [0.15, 0.2) is 11.5 Å². The van der Waals surface area contributed by atoms with E-state index < -0.39 is 17.1 Å². The second-order valence-electron chi connectivity index (χ2n) is 8.89. The number of carboxylic acid groups (broad SMARTS) is 1. The zero-order valence-electron chi connectivity index (χ0n) is 20.8. The van der Waals surface area contributed by atoms with Gasteiger partial charge in [-0.1, -0.05) is 36.6 Å². The SMILES string of the molecule is COc1cc(C=C2SC(=O)N(CC(=O)N3CCCCCC3)C2=O)cc(Cl)c1OCc1cccc(C(=O)O)c1. The Kier molecular flexibility index (Phi) is 8.96. The molecule has 200 valence electrons. The van der Waals surface area contributed by atoms with Gasteiger partial charge in [-0.2, -0.15) is 0 Å². The van der Waals surface area contributed by atoms with Gasteiger partial charge in [0.25, 0.3) is 11.1 Å². The summed E-state index contributed by atoms with van der Waals surface area (Å²) >= 11 is 7.23. The Bertz CT molecular complexity index is 1290. The lowest BCUT2D eigenvalue weighted by Gasteiger charge is -2.22. The molecule has 4 rings (SSSR count). The number of aromatic carboxylic acids is 1. The molecule has 3 amide bonds. The average Bonchev–Trinajstić information content (AvgIpc) is 3.08. The van der Waals surface area contributed by atoms with Gasteiger partial charge < -0.3 is 19.5 Å². The molecule has 2 aliphatic heterocycles. The molecule has 0 atom stereocenters. The molecule has 11 heteroatoms. The van der Waals surface area contributed by atoms with Crippen molar-refractivity contribution in [3.05, 3.63) is 63.0 Å². The quantitative estimate of drug-likeness (QED) is 0.447. The van der Waals surface area contributed by atoms with Crippen LogP contribution >= 0.6 is 23.4 Å². The van der Waals surface area contributed by atoms with Crippen LogP contribution in [0.1, 0.15) is 47.2 Å². The molecule has 2 fully saturated rings. The van der Waals surface area contributed by atoms with E-state index in [0.29, 0.717) is 30.0 Å². The number of rotatable bonds is 8. The van der Waals surface area contributed by atoms with Crippen LogP contribution in [0.15, 0.2) is 41.3 Å². The lowest BCUT2D eigenvalue weighted by molar-refractivity contribution is -0.135. The summed E-state index contributed by atoms with van der Waals surface area (Å²) in [7, 11) is 1.44. The number of likely N-dealkylation sites (tertiary alicyclic amines) is 1. The molecular weight excluding hydrogens is 532 g/mol. The summed E-state index contributed by atoms with van der Waals surface area (Å²) in [6, 6.07) is 9.54. The van der Waals surface area contributed by atoms with Gasteiger partial charge in [0.05, 0.1) is 22.6 Å². The third-order valence-electron chi connectivity index (χ3n) is 6.23. The van der Waals surface area contributed by atoms with Crippen LogP contribution in [-0.2, 0) is 16.2 Å². The fourth-order valence-corrected chi connectivity index (χ4v) is 5.37. The predicted molar refractivity (Wildman–Crippen MR) is 143 cm³/mol. The largest absolute Gasteiger partial charge is 0.493 e. The van der Waals surface area contributed by atoms with E-state index in [1.165, 1.54) is 25.3 Å². The van der Waals surface area contributed by atoms with E-state index >= 15 is 0 Å². The summed E-state index contributed by atoms with van der Waals surface area (Å²) in [6.45, 7) is 1.06. The lowest BCUT2D eigenvalue weighted by atomic mass is 10.1. The number of carboxylic acids is 1. The van der Waals surface area contributed by atoms with E-state index in [4.69, 9.17) is 21.1 Å². The minimum atomic E-state index is -1.04. The molecule has 0 spiro atoms. The molecular formula is C27H27ClN2O7S. The summed E-state index contributed by atoms with van der Waals surface area (Å²) < 4.78 is 11.3. The number of ether oxygens (including phenoxy) is 2. The topological polar surface area (TPSA) is 113 Å². The molecule has 9 nitrogen and oxygen atoms in total. The number of amides is 3. The number of nitrogens with zero attached hydrogens (tertiary/aromatic N) is 2. The Morgan fingerprint density at radius 1 is 1.11 bits per heavy atom. The van der Waals surface area contributed by atoms with Crippen LogP contribution in [0, 0.1) is 0 Å². The Labute approximate surface area is 229 Å². The van der Waals surface area contributed by atoms with Crippen LogP contribution in [0.5, 0.6) is 11.5 Å². The molecule has 2 heterocycles. The predicted octanol–water partition coefficient (Wildman–Crippen LogP) is 5.06. The molecule has 0 aliphatic carbocycles. The van der Waals surface area contributed by atoms with E-state index in [1.807, 2.05) is 0 Å². The molecule has 2 aliphatic rings. The van der Waals surface area contributed by atoms with Gasteiger partial charge in [0.1, 0.15) is 13.2 Å². The first-order valence-electron chi connectivity index (χ1n) is 12.1. The van der Waals surface area contributed by atoms with E-state index in [1.54, 1.807) is 29.2 Å². The number of thioether (sulfide) groups is 1. The summed E-state index contributed by atoms with van der Waals surface area (Å²) in [4.78, 5) is 52.3. The molecule has 0 bridgehead atoms. The molecule has 0 aromatic heterocycles. The van der Waals surface area contributed by atoms with Crippen molar-refractivity contribution in [1.29, 1.82) is 0 Å². The van der Waals surface area contributed by atoms with Crippen LogP contribution in [0.3, 0.4) is 0 Å². The fraction of sp³-hybridized carbons (Fsp3) is 0.333. The molecule has 2 saturated heterocycles. The minimum absolute atomic E-state index is 0.0560. The maximum absolute atomic E-state index is 13.0. The van der Waals surface area contributed by atoms with Crippen molar-refractivity contribution in [3.63, 3.8) is 0 Å². The van der Waals surface area contributed by atoms with E-state index in [9.17, 15) is 24.3 Å². The van der Waals surface area contributed by atoms with Crippen molar-refractivity contribution in [3.8, 4) is 11.5 Å². The Morgan fingerprint density at radius 2 is 1.84 bits per heavy atom. The molecule has 2 aromatic rings. The van der Waals surface area contributed by atoms with Crippen LogP contribution < -0.4 is 9.47 Å². The summed E-state index contributed by atoms with van der Waals surface area (Å²) in [5.41, 5.74) is 1.29. The van der Waals surface area contributed by atoms with Gasteiger partial charge in [-0.05, 0) is 66.1 Å². The molecule has 0 radical (unpaired) electrons. The number of methoxy groups -OCH3 is 1.